The van der Waals surface area contributed by atoms with Gasteiger partial charge in [0.05, 0.1) is 0 Å². The SMILES string of the molecule is CCC(CC)CN(CC)CCCCNC. The Bertz CT molecular complexity index is 122. The van der Waals surface area contributed by atoms with Crippen molar-refractivity contribution in [3.63, 3.8) is 0 Å². The summed E-state index contributed by atoms with van der Waals surface area (Å²) in [5.74, 6) is 0.897. The van der Waals surface area contributed by atoms with Crippen LogP contribution in [0.3, 0.4) is 0 Å². The molecule has 0 heterocycles. The lowest BCUT2D eigenvalue weighted by atomic mass is 10.0. The molecule has 92 valence electrons. The van der Waals surface area contributed by atoms with Crippen molar-refractivity contribution in [2.75, 3.05) is 33.2 Å². The molecule has 0 aliphatic carbocycles. The molecule has 0 spiro atoms. The lowest BCUT2D eigenvalue weighted by Crippen LogP contribution is -2.30. The monoisotopic (exact) mass is 214 g/mol. The van der Waals surface area contributed by atoms with Gasteiger partial charge in [0.1, 0.15) is 0 Å². The summed E-state index contributed by atoms with van der Waals surface area (Å²) in [4.78, 5) is 2.60. The second-order valence-electron chi connectivity index (χ2n) is 4.39. The molecule has 0 fully saturated rings. The number of hydrogen-bond acceptors (Lipinski definition) is 2. The minimum absolute atomic E-state index is 0.897. The molecule has 15 heavy (non-hydrogen) atoms. The van der Waals surface area contributed by atoms with Gasteiger partial charge >= 0.3 is 0 Å². The van der Waals surface area contributed by atoms with Crippen LogP contribution in [0.25, 0.3) is 0 Å². The quantitative estimate of drug-likeness (QED) is 0.563. The highest BCUT2D eigenvalue weighted by Gasteiger charge is 2.08. The van der Waals surface area contributed by atoms with Crippen LogP contribution >= 0.6 is 0 Å². The molecule has 0 aromatic rings. The van der Waals surface area contributed by atoms with Gasteiger partial charge in [-0.15, -0.1) is 0 Å². The molecule has 0 aromatic heterocycles. The van der Waals surface area contributed by atoms with Gasteiger partial charge in [-0.2, -0.15) is 0 Å². The second kappa shape index (κ2) is 10.4. The Morgan fingerprint density at radius 2 is 1.73 bits per heavy atom. The standard InChI is InChI=1S/C13H30N2/c1-5-13(6-2)12-15(7-3)11-9-8-10-14-4/h13-14H,5-12H2,1-4H3. The van der Waals surface area contributed by atoms with E-state index in [4.69, 9.17) is 0 Å². The van der Waals surface area contributed by atoms with E-state index in [9.17, 15) is 0 Å². The zero-order valence-electron chi connectivity index (χ0n) is 11.2. The normalized spacial score (nSPS) is 11.6. The largest absolute Gasteiger partial charge is 0.320 e. The Hall–Kier alpha value is -0.0800. The van der Waals surface area contributed by atoms with Gasteiger partial charge in [-0.25, -0.2) is 0 Å². The first-order valence-corrected chi connectivity index (χ1v) is 6.65. The van der Waals surface area contributed by atoms with E-state index in [0.717, 1.165) is 12.5 Å². The third-order valence-corrected chi connectivity index (χ3v) is 3.27. The van der Waals surface area contributed by atoms with Crippen LogP contribution in [0.2, 0.25) is 0 Å². The van der Waals surface area contributed by atoms with Crippen LogP contribution in [-0.4, -0.2) is 38.1 Å². The fraction of sp³-hybridized carbons (Fsp3) is 1.00. The summed E-state index contributed by atoms with van der Waals surface area (Å²) in [6.07, 6.45) is 5.28. The van der Waals surface area contributed by atoms with E-state index < -0.39 is 0 Å². The van der Waals surface area contributed by atoms with Gasteiger partial charge in [0.25, 0.3) is 0 Å². The van der Waals surface area contributed by atoms with Crippen molar-refractivity contribution in [3.05, 3.63) is 0 Å². The van der Waals surface area contributed by atoms with E-state index >= 15 is 0 Å². The van der Waals surface area contributed by atoms with Crippen LogP contribution in [0, 0.1) is 5.92 Å². The molecule has 0 saturated heterocycles. The fourth-order valence-corrected chi connectivity index (χ4v) is 1.93. The van der Waals surface area contributed by atoms with E-state index in [2.05, 4.69) is 31.0 Å². The Morgan fingerprint density at radius 1 is 1.07 bits per heavy atom. The van der Waals surface area contributed by atoms with Gasteiger partial charge in [-0.3, -0.25) is 0 Å². The van der Waals surface area contributed by atoms with Gasteiger partial charge < -0.3 is 10.2 Å². The van der Waals surface area contributed by atoms with Crippen molar-refractivity contribution in [1.29, 1.82) is 0 Å². The molecule has 0 unspecified atom stereocenters. The van der Waals surface area contributed by atoms with Gasteiger partial charge in [-0.1, -0.05) is 33.6 Å². The topological polar surface area (TPSA) is 15.3 Å². The summed E-state index contributed by atoms with van der Waals surface area (Å²) in [5.41, 5.74) is 0. The van der Waals surface area contributed by atoms with Crippen molar-refractivity contribution in [3.8, 4) is 0 Å². The number of nitrogens with zero attached hydrogens (tertiary/aromatic N) is 1. The first-order chi connectivity index (χ1) is 7.28. The van der Waals surface area contributed by atoms with Crippen molar-refractivity contribution >= 4 is 0 Å². The predicted octanol–water partition coefficient (Wildman–Crippen LogP) is 2.74. The highest BCUT2D eigenvalue weighted by Crippen LogP contribution is 2.10. The van der Waals surface area contributed by atoms with E-state index in [1.165, 1.54) is 45.3 Å². The Balaban J connectivity index is 3.61. The van der Waals surface area contributed by atoms with Crippen LogP contribution in [0.4, 0.5) is 0 Å². The van der Waals surface area contributed by atoms with E-state index in [-0.39, 0.29) is 0 Å². The van der Waals surface area contributed by atoms with E-state index in [0.29, 0.717) is 0 Å². The van der Waals surface area contributed by atoms with Crippen molar-refractivity contribution in [2.45, 2.75) is 46.5 Å². The first-order valence-electron chi connectivity index (χ1n) is 6.65. The molecule has 0 radical (unpaired) electrons. The van der Waals surface area contributed by atoms with E-state index in [1.807, 2.05) is 7.05 Å². The third kappa shape index (κ3) is 7.80. The molecule has 1 N–H and O–H groups in total. The van der Waals surface area contributed by atoms with Crippen LogP contribution in [-0.2, 0) is 0 Å². The molecular weight excluding hydrogens is 184 g/mol. The minimum Gasteiger partial charge on any atom is -0.320 e. The van der Waals surface area contributed by atoms with Crippen LogP contribution in [0.1, 0.15) is 46.5 Å². The van der Waals surface area contributed by atoms with Crippen molar-refractivity contribution in [2.24, 2.45) is 5.92 Å². The lowest BCUT2D eigenvalue weighted by Gasteiger charge is -2.25. The smallest absolute Gasteiger partial charge is 0.000934 e. The molecule has 0 aliphatic heterocycles. The molecule has 0 saturated carbocycles. The lowest BCUT2D eigenvalue weighted by molar-refractivity contribution is 0.230. The van der Waals surface area contributed by atoms with Gasteiger partial charge in [0.2, 0.25) is 0 Å². The predicted molar refractivity (Wildman–Crippen MR) is 69.3 cm³/mol. The summed E-state index contributed by atoms with van der Waals surface area (Å²) in [5, 5.41) is 3.20. The van der Waals surface area contributed by atoms with Crippen molar-refractivity contribution in [1.82, 2.24) is 10.2 Å². The third-order valence-electron chi connectivity index (χ3n) is 3.27. The van der Waals surface area contributed by atoms with Crippen LogP contribution in [0.5, 0.6) is 0 Å². The number of nitrogens with one attached hydrogen (secondary N) is 1. The summed E-state index contributed by atoms with van der Waals surface area (Å²) < 4.78 is 0. The van der Waals surface area contributed by atoms with Gasteiger partial charge in [-0.05, 0) is 45.4 Å². The summed E-state index contributed by atoms with van der Waals surface area (Å²) in [6.45, 7) is 11.8. The molecule has 2 heteroatoms. The van der Waals surface area contributed by atoms with Crippen molar-refractivity contribution < 1.29 is 0 Å². The average molecular weight is 214 g/mol. The summed E-state index contributed by atoms with van der Waals surface area (Å²) in [7, 11) is 2.03. The molecule has 0 rings (SSSR count). The molecule has 0 atom stereocenters. The molecule has 2 nitrogen and oxygen atoms in total. The Labute approximate surface area is 96.4 Å². The first kappa shape index (κ1) is 14.9. The Morgan fingerprint density at radius 3 is 2.20 bits per heavy atom. The zero-order chi connectivity index (χ0) is 11.5. The van der Waals surface area contributed by atoms with Gasteiger partial charge in [0.15, 0.2) is 0 Å². The number of hydrogen-bond donors (Lipinski definition) is 1. The maximum Gasteiger partial charge on any atom is 0.000934 e. The fourth-order valence-electron chi connectivity index (χ4n) is 1.93. The van der Waals surface area contributed by atoms with E-state index in [1.54, 1.807) is 0 Å². The highest BCUT2D eigenvalue weighted by molar-refractivity contribution is 4.63. The highest BCUT2D eigenvalue weighted by atomic mass is 15.1. The second-order valence-corrected chi connectivity index (χ2v) is 4.39. The number of rotatable bonds is 10. The Kier molecular flexibility index (Phi) is 10.4. The molecular formula is C13H30N2. The van der Waals surface area contributed by atoms with Crippen LogP contribution < -0.4 is 5.32 Å². The maximum atomic E-state index is 3.20. The average Bonchev–Trinajstić information content (AvgIpc) is 2.28. The summed E-state index contributed by atoms with van der Waals surface area (Å²) >= 11 is 0. The zero-order valence-corrected chi connectivity index (χ0v) is 11.2. The molecule has 0 aliphatic rings. The molecule has 0 bridgehead atoms. The molecule has 0 aromatic carbocycles. The minimum atomic E-state index is 0.897. The van der Waals surface area contributed by atoms with Gasteiger partial charge in [0, 0.05) is 6.54 Å². The van der Waals surface area contributed by atoms with Crippen LogP contribution in [0.15, 0.2) is 0 Å². The summed E-state index contributed by atoms with van der Waals surface area (Å²) in [6, 6.07) is 0. The molecule has 0 amide bonds. The number of unbranched alkanes of at least 4 members (excludes halogenated alkanes) is 1. The maximum absolute atomic E-state index is 3.20.